The van der Waals surface area contributed by atoms with Crippen LogP contribution in [0.5, 0.6) is 0 Å². The fraction of sp³-hybridized carbons (Fsp3) is 0.310. The maximum atomic E-state index is 13.7. The fourth-order valence-corrected chi connectivity index (χ4v) is 5.39. The van der Waals surface area contributed by atoms with E-state index in [1.165, 1.54) is 36.0 Å². The van der Waals surface area contributed by atoms with E-state index in [2.05, 4.69) is 27.3 Å². The van der Waals surface area contributed by atoms with Crippen LogP contribution in [0.2, 0.25) is 0 Å². The molecule has 1 fully saturated rings. The van der Waals surface area contributed by atoms with Gasteiger partial charge in [0, 0.05) is 59.7 Å². The van der Waals surface area contributed by atoms with E-state index in [1.807, 2.05) is 31.2 Å². The number of hydrogen-bond donors (Lipinski definition) is 1. The number of fused-ring (bicyclic) bond motifs is 1. The van der Waals surface area contributed by atoms with Crippen molar-refractivity contribution in [1.29, 1.82) is 0 Å². The number of rotatable bonds is 7. The molecule has 2 aromatic carbocycles. The van der Waals surface area contributed by atoms with Crippen molar-refractivity contribution in [1.82, 2.24) is 14.7 Å². The van der Waals surface area contributed by atoms with Crippen LogP contribution in [0.15, 0.2) is 66.9 Å². The van der Waals surface area contributed by atoms with Crippen molar-refractivity contribution < 1.29 is 18.0 Å². The standard InChI is InChI=1S/C29H28F3IN4O/c1-2-25-27(37-16-13-22(29(31,32)33)17-26(37)35-25)28(38)34-18-19-3-9-24(10-4-19)36-14-11-21(12-15-36)20-5-7-23(30)8-6-20/h3-10,13,16-17,21H,2,11-12,14-15,18H2,1H3,(H,34,38). The third kappa shape index (κ3) is 5.67. The first-order valence-corrected chi connectivity index (χ1v) is 13.8. The summed E-state index contributed by atoms with van der Waals surface area (Å²) in [5.41, 5.74) is 4.40. The molecule has 0 aliphatic carbocycles. The summed E-state index contributed by atoms with van der Waals surface area (Å²) in [4.78, 5) is 19.9. The van der Waals surface area contributed by atoms with E-state index in [1.54, 1.807) is 4.40 Å². The van der Waals surface area contributed by atoms with E-state index in [0.29, 0.717) is 35.9 Å². The molecule has 38 heavy (non-hydrogen) atoms. The molecule has 5 nitrogen and oxygen atoms in total. The molecule has 9 heteroatoms. The number of carbonyl (C=O) groups is 1. The number of anilines is 1. The molecular weight excluding hydrogens is 604 g/mol. The zero-order valence-electron chi connectivity index (χ0n) is 20.9. The summed E-state index contributed by atoms with van der Waals surface area (Å²) in [6.45, 7) is 4.08. The number of halogens is 4. The second kappa shape index (κ2) is 11.0. The minimum atomic E-state index is -3.01. The lowest BCUT2D eigenvalue weighted by Gasteiger charge is -2.34. The van der Waals surface area contributed by atoms with Crippen LogP contribution in [-0.4, -0.2) is 28.4 Å². The number of pyridine rings is 1. The van der Waals surface area contributed by atoms with Crippen LogP contribution in [0.3, 0.4) is 0 Å². The highest BCUT2D eigenvalue weighted by atomic mass is 127. The zero-order valence-corrected chi connectivity index (χ0v) is 23.1. The van der Waals surface area contributed by atoms with E-state index in [9.17, 15) is 18.0 Å². The number of alkyl halides is 3. The molecule has 2 aromatic heterocycles. The van der Waals surface area contributed by atoms with Gasteiger partial charge in [-0.25, -0.2) is 9.37 Å². The summed E-state index contributed by atoms with van der Waals surface area (Å²) in [6, 6.07) is 17.6. The molecule has 198 valence electrons. The van der Waals surface area contributed by atoms with Crippen LogP contribution < -0.4 is 10.2 Å². The van der Waals surface area contributed by atoms with Gasteiger partial charge in [0.1, 0.15) is 17.2 Å². The second-order valence-electron chi connectivity index (χ2n) is 9.56. The number of hydrogen-bond acceptors (Lipinski definition) is 3. The molecular formula is C29H28F3IN4O. The largest absolute Gasteiger partial charge is 0.371 e. The number of imidazole rings is 1. The molecule has 1 saturated heterocycles. The van der Waals surface area contributed by atoms with E-state index in [-0.39, 0.29) is 17.3 Å². The van der Waals surface area contributed by atoms with Gasteiger partial charge in [0.15, 0.2) is 0 Å². The van der Waals surface area contributed by atoms with Crippen molar-refractivity contribution in [2.24, 2.45) is 0 Å². The van der Waals surface area contributed by atoms with Gasteiger partial charge in [-0.3, -0.25) is 9.20 Å². The molecule has 0 saturated carbocycles. The lowest BCUT2D eigenvalue weighted by atomic mass is 9.89. The third-order valence-electron chi connectivity index (χ3n) is 7.17. The van der Waals surface area contributed by atoms with Crippen LogP contribution in [-0.2, 0) is 16.9 Å². The fourth-order valence-electron chi connectivity index (χ4n) is 5.05. The van der Waals surface area contributed by atoms with Gasteiger partial charge in [-0.1, -0.05) is 31.2 Å². The Kier molecular flexibility index (Phi) is 7.65. The summed E-state index contributed by atoms with van der Waals surface area (Å²) in [5.74, 6) is -0.0571. The lowest BCUT2D eigenvalue weighted by molar-refractivity contribution is 0.0944. The van der Waals surface area contributed by atoms with Crippen LogP contribution in [0, 0.1) is 5.82 Å². The first kappa shape index (κ1) is 26.5. The summed E-state index contributed by atoms with van der Waals surface area (Å²) < 4.78 is 39.3. The van der Waals surface area contributed by atoms with Gasteiger partial charge in [-0.2, -0.15) is 8.78 Å². The predicted molar refractivity (Wildman–Crippen MR) is 151 cm³/mol. The Labute approximate surface area is 233 Å². The topological polar surface area (TPSA) is 49.6 Å². The van der Waals surface area contributed by atoms with Gasteiger partial charge in [-0.15, -0.1) is 0 Å². The van der Waals surface area contributed by atoms with Crippen molar-refractivity contribution in [3.63, 3.8) is 0 Å². The molecule has 1 aliphatic heterocycles. The number of nitrogens with zero attached hydrogens (tertiary/aromatic N) is 3. The first-order chi connectivity index (χ1) is 18.2. The molecule has 0 bridgehead atoms. The van der Waals surface area contributed by atoms with Gasteiger partial charge in [0.2, 0.25) is 0 Å². The van der Waals surface area contributed by atoms with Gasteiger partial charge < -0.3 is 10.2 Å². The molecule has 0 spiro atoms. The van der Waals surface area contributed by atoms with Gasteiger partial charge in [0.25, 0.3) is 5.91 Å². The summed E-state index contributed by atoms with van der Waals surface area (Å²) in [7, 11) is 0. The Morgan fingerprint density at radius 3 is 2.39 bits per heavy atom. The number of benzene rings is 2. The van der Waals surface area contributed by atoms with Crippen molar-refractivity contribution >= 4 is 39.8 Å². The van der Waals surface area contributed by atoms with E-state index in [4.69, 9.17) is 0 Å². The molecule has 1 N–H and O–H groups in total. The molecule has 3 heterocycles. The average molecular weight is 632 g/mol. The smallest absolute Gasteiger partial charge is 0.321 e. The summed E-state index contributed by atoms with van der Waals surface area (Å²) in [6.07, 6.45) is 4.01. The van der Waals surface area contributed by atoms with E-state index >= 15 is 0 Å². The summed E-state index contributed by atoms with van der Waals surface area (Å²) in [5, 5.41) is 2.95. The Morgan fingerprint density at radius 2 is 1.76 bits per heavy atom. The molecule has 0 atom stereocenters. The Morgan fingerprint density at radius 1 is 1.08 bits per heavy atom. The van der Waals surface area contributed by atoms with Gasteiger partial charge in [-0.05, 0) is 72.7 Å². The number of amides is 1. The SMILES string of the molecule is CCc1nc2cc(C(F)(F)I)ccn2c1C(=O)NCc1ccc(N2CCC(c3ccc(F)cc3)CC2)cc1. The van der Waals surface area contributed by atoms with Crippen LogP contribution >= 0.6 is 22.6 Å². The van der Waals surface area contributed by atoms with Gasteiger partial charge in [0.05, 0.1) is 5.69 Å². The second-order valence-corrected chi connectivity index (χ2v) is 10.9. The van der Waals surface area contributed by atoms with Crippen LogP contribution in [0.4, 0.5) is 18.9 Å². The number of aryl methyl sites for hydroxylation is 1. The molecule has 5 rings (SSSR count). The number of piperidine rings is 1. The number of carbonyl (C=O) groups excluding carboxylic acids is 1. The number of nitrogens with one attached hydrogen (secondary N) is 1. The van der Waals surface area contributed by atoms with Crippen LogP contribution in [0.25, 0.3) is 5.65 Å². The molecule has 0 radical (unpaired) electrons. The Hall–Kier alpha value is -3.08. The van der Waals surface area contributed by atoms with Crippen LogP contribution in [0.1, 0.15) is 58.6 Å². The monoisotopic (exact) mass is 632 g/mol. The van der Waals surface area contributed by atoms with Crippen molar-refractivity contribution in [2.45, 2.75) is 42.6 Å². The maximum Gasteiger partial charge on any atom is 0.321 e. The minimum absolute atomic E-state index is 0.148. The van der Waals surface area contributed by atoms with Crippen molar-refractivity contribution in [3.05, 3.63) is 101 Å². The summed E-state index contributed by atoms with van der Waals surface area (Å²) >= 11 is 1.09. The average Bonchev–Trinajstić information content (AvgIpc) is 3.30. The lowest BCUT2D eigenvalue weighted by Crippen LogP contribution is -2.32. The third-order valence-corrected chi connectivity index (χ3v) is 7.79. The first-order valence-electron chi connectivity index (χ1n) is 12.7. The van der Waals surface area contributed by atoms with E-state index in [0.717, 1.165) is 59.8 Å². The molecule has 1 amide bonds. The Bertz CT molecular complexity index is 1420. The maximum absolute atomic E-state index is 13.7. The van der Waals surface area contributed by atoms with Gasteiger partial charge >= 0.3 is 3.93 Å². The normalized spacial score (nSPS) is 14.7. The molecule has 4 aromatic rings. The molecule has 0 unspecified atom stereocenters. The zero-order chi connectivity index (χ0) is 26.9. The van der Waals surface area contributed by atoms with Crippen molar-refractivity contribution in [2.75, 3.05) is 18.0 Å². The van der Waals surface area contributed by atoms with E-state index < -0.39 is 3.93 Å². The predicted octanol–water partition coefficient (Wildman–Crippen LogP) is 6.83. The van der Waals surface area contributed by atoms with Crippen molar-refractivity contribution in [3.8, 4) is 0 Å². The highest BCUT2D eigenvalue weighted by Crippen LogP contribution is 2.36. The quantitative estimate of drug-likeness (QED) is 0.180. The highest BCUT2D eigenvalue weighted by Gasteiger charge is 2.28. The minimum Gasteiger partial charge on any atom is -0.371 e. The number of aromatic nitrogens is 2. The highest BCUT2D eigenvalue weighted by molar-refractivity contribution is 14.1. The molecule has 1 aliphatic rings. The Balaban J connectivity index is 1.21.